The highest BCUT2D eigenvalue weighted by atomic mass is 16.6. The minimum absolute atomic E-state index is 0.0959. The van der Waals surface area contributed by atoms with E-state index in [1.807, 2.05) is 19.9 Å². The van der Waals surface area contributed by atoms with Crippen molar-refractivity contribution in [2.75, 3.05) is 0 Å². The van der Waals surface area contributed by atoms with Crippen LogP contribution in [0.15, 0.2) is 24.3 Å². The lowest BCUT2D eigenvalue weighted by atomic mass is 9.97. The monoisotopic (exact) mass is 194 g/mol. The molecule has 1 aromatic rings. The van der Waals surface area contributed by atoms with Crippen molar-refractivity contribution in [1.29, 1.82) is 0 Å². The minimum atomic E-state index is -0.406. The van der Waals surface area contributed by atoms with E-state index in [1.54, 1.807) is 6.07 Å². The predicted molar refractivity (Wildman–Crippen MR) is 54.9 cm³/mol. The van der Waals surface area contributed by atoms with E-state index in [1.165, 1.54) is 12.1 Å². The van der Waals surface area contributed by atoms with Gasteiger partial charge < -0.3 is 5.73 Å². The van der Waals surface area contributed by atoms with Crippen LogP contribution in [0.3, 0.4) is 0 Å². The van der Waals surface area contributed by atoms with Gasteiger partial charge in [-0.3, -0.25) is 10.1 Å². The van der Waals surface area contributed by atoms with Gasteiger partial charge in [0.15, 0.2) is 0 Å². The minimum Gasteiger partial charge on any atom is -0.324 e. The number of nitro groups is 1. The molecule has 0 amide bonds. The molecule has 4 nitrogen and oxygen atoms in total. The Morgan fingerprint density at radius 3 is 2.57 bits per heavy atom. The van der Waals surface area contributed by atoms with Crippen LogP contribution in [0.5, 0.6) is 0 Å². The summed E-state index contributed by atoms with van der Waals surface area (Å²) in [5, 5.41) is 10.5. The van der Waals surface area contributed by atoms with Crippen molar-refractivity contribution in [2.45, 2.75) is 19.9 Å². The molecule has 0 heterocycles. The summed E-state index contributed by atoms with van der Waals surface area (Å²) in [6.07, 6.45) is 0. The molecule has 0 spiro atoms. The molecule has 1 atom stereocenters. The quantitative estimate of drug-likeness (QED) is 0.592. The zero-order chi connectivity index (χ0) is 10.7. The highest BCUT2D eigenvalue weighted by molar-refractivity contribution is 5.35. The largest absolute Gasteiger partial charge is 0.324 e. The molecule has 0 aliphatic heterocycles. The number of hydrogen-bond donors (Lipinski definition) is 1. The summed E-state index contributed by atoms with van der Waals surface area (Å²) >= 11 is 0. The van der Waals surface area contributed by atoms with E-state index in [9.17, 15) is 10.1 Å². The summed E-state index contributed by atoms with van der Waals surface area (Å²) in [6, 6.07) is 6.34. The highest BCUT2D eigenvalue weighted by Crippen LogP contribution is 2.22. The summed E-state index contributed by atoms with van der Waals surface area (Å²) < 4.78 is 0. The third-order valence-corrected chi connectivity index (χ3v) is 2.18. The summed E-state index contributed by atoms with van der Waals surface area (Å²) in [4.78, 5) is 10.1. The zero-order valence-electron chi connectivity index (χ0n) is 8.31. The molecule has 0 saturated heterocycles. The molecule has 0 aromatic heterocycles. The van der Waals surface area contributed by atoms with E-state index in [2.05, 4.69) is 0 Å². The van der Waals surface area contributed by atoms with E-state index in [0.29, 0.717) is 0 Å². The second-order valence-electron chi connectivity index (χ2n) is 3.62. The summed E-state index contributed by atoms with van der Waals surface area (Å²) in [6.45, 7) is 3.98. The molecule has 1 aromatic carbocycles. The Morgan fingerprint density at radius 1 is 1.43 bits per heavy atom. The average molecular weight is 194 g/mol. The third-order valence-electron chi connectivity index (χ3n) is 2.18. The van der Waals surface area contributed by atoms with E-state index >= 15 is 0 Å². The maximum atomic E-state index is 10.5. The first-order valence-electron chi connectivity index (χ1n) is 4.52. The lowest BCUT2D eigenvalue weighted by molar-refractivity contribution is -0.384. The third kappa shape index (κ3) is 2.29. The normalized spacial score (nSPS) is 12.9. The standard InChI is InChI=1S/C10H14N2O2/c1-7(2)10(11)8-4-3-5-9(6-8)12(13)14/h3-7,10H,11H2,1-2H3/t10-/m1/s1. The van der Waals surface area contributed by atoms with Gasteiger partial charge in [0.05, 0.1) is 4.92 Å². The van der Waals surface area contributed by atoms with Gasteiger partial charge in [0.25, 0.3) is 5.69 Å². The molecule has 0 radical (unpaired) electrons. The van der Waals surface area contributed by atoms with Crippen molar-refractivity contribution < 1.29 is 4.92 Å². The molecule has 4 heteroatoms. The molecule has 0 saturated carbocycles. The van der Waals surface area contributed by atoms with Crippen molar-refractivity contribution >= 4 is 5.69 Å². The van der Waals surface area contributed by atoms with Gasteiger partial charge >= 0.3 is 0 Å². The fourth-order valence-corrected chi connectivity index (χ4v) is 1.23. The molecule has 0 unspecified atom stereocenters. The number of non-ortho nitro benzene ring substituents is 1. The first-order valence-corrected chi connectivity index (χ1v) is 4.52. The van der Waals surface area contributed by atoms with Gasteiger partial charge in [-0.25, -0.2) is 0 Å². The van der Waals surface area contributed by atoms with Crippen LogP contribution in [-0.2, 0) is 0 Å². The van der Waals surface area contributed by atoms with Crippen molar-refractivity contribution in [3.63, 3.8) is 0 Å². The van der Waals surface area contributed by atoms with Gasteiger partial charge in [0.1, 0.15) is 0 Å². The van der Waals surface area contributed by atoms with Gasteiger partial charge in [-0.15, -0.1) is 0 Å². The number of hydrogen-bond acceptors (Lipinski definition) is 3. The molecule has 2 N–H and O–H groups in total. The van der Waals surface area contributed by atoms with Crippen molar-refractivity contribution in [2.24, 2.45) is 11.7 Å². The molecule has 0 aliphatic rings. The van der Waals surface area contributed by atoms with Crippen LogP contribution in [0.25, 0.3) is 0 Å². The lowest BCUT2D eigenvalue weighted by Gasteiger charge is -2.15. The molecule has 0 fully saturated rings. The lowest BCUT2D eigenvalue weighted by Crippen LogP contribution is -2.16. The Morgan fingerprint density at radius 2 is 2.07 bits per heavy atom. The van der Waals surface area contributed by atoms with Gasteiger partial charge in [0, 0.05) is 18.2 Å². The molecule has 14 heavy (non-hydrogen) atoms. The van der Waals surface area contributed by atoms with E-state index < -0.39 is 4.92 Å². The Balaban J connectivity index is 2.99. The number of rotatable bonds is 3. The predicted octanol–water partition coefficient (Wildman–Crippen LogP) is 2.25. The van der Waals surface area contributed by atoms with Gasteiger partial charge in [-0.1, -0.05) is 26.0 Å². The van der Waals surface area contributed by atoms with Crippen LogP contribution >= 0.6 is 0 Å². The van der Waals surface area contributed by atoms with Crippen molar-refractivity contribution in [1.82, 2.24) is 0 Å². The average Bonchev–Trinajstić information content (AvgIpc) is 2.16. The van der Waals surface area contributed by atoms with Crippen LogP contribution < -0.4 is 5.73 Å². The molecular formula is C10H14N2O2. The van der Waals surface area contributed by atoms with Gasteiger partial charge in [-0.05, 0) is 11.5 Å². The summed E-state index contributed by atoms with van der Waals surface area (Å²) in [5.41, 5.74) is 6.79. The van der Waals surface area contributed by atoms with Crippen LogP contribution in [0.1, 0.15) is 25.5 Å². The van der Waals surface area contributed by atoms with Gasteiger partial charge in [-0.2, -0.15) is 0 Å². The molecule has 1 rings (SSSR count). The maximum absolute atomic E-state index is 10.5. The fraction of sp³-hybridized carbons (Fsp3) is 0.400. The fourth-order valence-electron chi connectivity index (χ4n) is 1.23. The molecule has 0 aliphatic carbocycles. The van der Waals surface area contributed by atoms with Gasteiger partial charge in [0.2, 0.25) is 0 Å². The van der Waals surface area contributed by atoms with E-state index in [4.69, 9.17) is 5.73 Å². The first kappa shape index (κ1) is 10.7. The second kappa shape index (κ2) is 4.19. The second-order valence-corrected chi connectivity index (χ2v) is 3.62. The molecular weight excluding hydrogens is 180 g/mol. The maximum Gasteiger partial charge on any atom is 0.269 e. The first-order chi connectivity index (χ1) is 6.52. The van der Waals surface area contributed by atoms with Crippen molar-refractivity contribution in [3.8, 4) is 0 Å². The Bertz CT molecular complexity index is 337. The molecule has 0 bridgehead atoms. The van der Waals surface area contributed by atoms with Crippen LogP contribution in [0, 0.1) is 16.0 Å². The zero-order valence-corrected chi connectivity index (χ0v) is 8.31. The summed E-state index contributed by atoms with van der Waals surface area (Å²) in [5.74, 6) is 0.275. The Kier molecular flexibility index (Phi) is 3.19. The van der Waals surface area contributed by atoms with E-state index in [-0.39, 0.29) is 17.6 Å². The van der Waals surface area contributed by atoms with Crippen molar-refractivity contribution in [3.05, 3.63) is 39.9 Å². The van der Waals surface area contributed by atoms with E-state index in [0.717, 1.165) is 5.56 Å². The number of nitro benzene ring substituents is 1. The van der Waals surface area contributed by atoms with Crippen LogP contribution in [0.4, 0.5) is 5.69 Å². The number of benzene rings is 1. The van der Waals surface area contributed by atoms with Crippen LogP contribution in [0.2, 0.25) is 0 Å². The van der Waals surface area contributed by atoms with Crippen LogP contribution in [-0.4, -0.2) is 4.92 Å². The Labute approximate surface area is 82.9 Å². The highest BCUT2D eigenvalue weighted by Gasteiger charge is 2.13. The number of nitrogens with two attached hydrogens (primary N) is 1. The SMILES string of the molecule is CC(C)[C@@H](N)c1cccc([N+](=O)[O-])c1. The Hall–Kier alpha value is -1.42. The number of nitrogens with zero attached hydrogens (tertiary/aromatic N) is 1. The summed E-state index contributed by atoms with van der Waals surface area (Å²) in [7, 11) is 0. The smallest absolute Gasteiger partial charge is 0.269 e. The topological polar surface area (TPSA) is 69.2 Å². The molecule has 76 valence electrons.